The highest BCUT2D eigenvalue weighted by Gasteiger charge is 2.04. The van der Waals surface area contributed by atoms with Gasteiger partial charge < -0.3 is 0 Å². The van der Waals surface area contributed by atoms with Gasteiger partial charge in [-0.15, -0.1) is 11.3 Å². The predicted octanol–water partition coefficient (Wildman–Crippen LogP) is 3.10. The summed E-state index contributed by atoms with van der Waals surface area (Å²) >= 11 is 1.72. The van der Waals surface area contributed by atoms with Crippen molar-refractivity contribution in [2.24, 2.45) is 5.11 Å². The molecule has 0 amide bonds. The molecule has 1 aromatic rings. The van der Waals surface area contributed by atoms with Gasteiger partial charge in [-0.1, -0.05) is 19.0 Å². The second kappa shape index (κ2) is 7.76. The Morgan fingerprint density at radius 2 is 2.20 bits per heavy atom. The van der Waals surface area contributed by atoms with E-state index in [1.54, 1.807) is 11.3 Å². The smallest absolute Gasteiger partial charge is 0.186 e. The van der Waals surface area contributed by atoms with Crippen LogP contribution in [0, 0.1) is 0 Å². The number of carbonyl (C=O) groups excluding carboxylic acids is 2. The zero-order valence-corrected chi connectivity index (χ0v) is 9.32. The van der Waals surface area contributed by atoms with Crippen molar-refractivity contribution >= 4 is 17.5 Å². The minimum atomic E-state index is -0.0275. The average molecular weight is 225 g/mol. The Hall–Kier alpha value is -1.61. The van der Waals surface area contributed by atoms with Crippen LogP contribution in [0.15, 0.2) is 17.2 Å². The van der Waals surface area contributed by atoms with Gasteiger partial charge in [0.1, 0.15) is 0 Å². The predicted molar refractivity (Wildman–Crippen MR) is 56.3 cm³/mol. The van der Waals surface area contributed by atoms with E-state index in [4.69, 9.17) is 15.1 Å². The summed E-state index contributed by atoms with van der Waals surface area (Å²) in [6.45, 7) is 4.03. The molecule has 0 spiro atoms. The molecule has 6 heteroatoms. The molecule has 0 N–H and O–H groups in total. The third-order valence-corrected chi connectivity index (χ3v) is 3.07. The van der Waals surface area contributed by atoms with Crippen LogP contribution in [0.3, 0.4) is 0 Å². The van der Waals surface area contributed by atoms with E-state index in [1.165, 1.54) is 4.88 Å². The lowest BCUT2D eigenvalue weighted by molar-refractivity contribution is -0.191. The summed E-state index contributed by atoms with van der Waals surface area (Å²) in [7, 11) is 0. The van der Waals surface area contributed by atoms with Gasteiger partial charge in [0, 0.05) is 14.7 Å². The highest BCUT2D eigenvalue weighted by atomic mass is 32.1. The van der Waals surface area contributed by atoms with Crippen LogP contribution >= 0.6 is 11.3 Å². The third kappa shape index (κ3) is 4.98. The normalized spacial score (nSPS) is 10.3. The number of rotatable bonds is 3. The van der Waals surface area contributed by atoms with Gasteiger partial charge in [-0.25, -0.2) is 0 Å². The number of hydrogen-bond acceptors (Lipinski definition) is 4. The monoisotopic (exact) mass is 225 g/mol. The number of nitrogens with zero attached hydrogens (tertiary/aromatic N) is 3. The van der Waals surface area contributed by atoms with E-state index in [0.717, 1.165) is 11.3 Å². The molecule has 1 heterocycles. The van der Waals surface area contributed by atoms with Crippen LogP contribution in [-0.2, 0) is 16.0 Å². The van der Waals surface area contributed by atoms with E-state index in [0.29, 0.717) is 0 Å². The number of azide groups is 1. The molecule has 5 nitrogen and oxygen atoms in total. The molecule has 1 atom stereocenters. The van der Waals surface area contributed by atoms with E-state index >= 15 is 0 Å². The fourth-order valence-electron chi connectivity index (χ4n) is 0.943. The van der Waals surface area contributed by atoms with Crippen molar-refractivity contribution in [1.82, 2.24) is 0 Å². The fourth-order valence-corrected chi connectivity index (χ4v) is 1.88. The van der Waals surface area contributed by atoms with Gasteiger partial charge in [0.05, 0.1) is 6.04 Å². The van der Waals surface area contributed by atoms with Crippen molar-refractivity contribution < 1.29 is 9.59 Å². The van der Waals surface area contributed by atoms with Crippen molar-refractivity contribution in [1.29, 1.82) is 0 Å². The van der Waals surface area contributed by atoms with E-state index in [1.807, 2.05) is 13.0 Å². The molecule has 0 aliphatic heterocycles. The molecular weight excluding hydrogens is 214 g/mol. The zero-order chi connectivity index (χ0) is 11.7. The topological polar surface area (TPSA) is 82.9 Å². The summed E-state index contributed by atoms with van der Waals surface area (Å²) in [4.78, 5) is 21.5. The first-order chi connectivity index (χ1) is 7.19. The molecule has 0 aliphatic rings. The van der Waals surface area contributed by atoms with Gasteiger partial charge in [-0.2, -0.15) is 9.59 Å². The Labute approximate surface area is 91.4 Å². The molecule has 80 valence electrons. The largest absolute Gasteiger partial charge is 0.373 e. The molecule has 0 fully saturated rings. The zero-order valence-electron chi connectivity index (χ0n) is 8.51. The van der Waals surface area contributed by atoms with Crippen LogP contribution in [0.2, 0.25) is 0 Å². The number of hydrogen-bond donors (Lipinski definition) is 0. The minimum absolute atomic E-state index is 0.0275. The van der Waals surface area contributed by atoms with Crippen LogP contribution in [0.4, 0.5) is 0 Å². The van der Waals surface area contributed by atoms with Gasteiger partial charge in [0.15, 0.2) is 0 Å². The molecule has 1 unspecified atom stereocenters. The molecule has 1 rings (SSSR count). The number of thiophene rings is 1. The summed E-state index contributed by atoms with van der Waals surface area (Å²) in [6.07, 6.45) is 1.30. The Bertz CT molecular complexity index is 376. The molecule has 1 aromatic heterocycles. The Morgan fingerprint density at radius 3 is 2.60 bits per heavy atom. The SMILES string of the molecule is CCc1ccc(C(C)N=[N+]=[N-])s1.O=C=O. The second-order valence-corrected chi connectivity index (χ2v) is 3.82. The lowest BCUT2D eigenvalue weighted by Gasteiger charge is -1.97. The maximum absolute atomic E-state index is 8.22. The maximum Gasteiger partial charge on any atom is 0.373 e. The van der Waals surface area contributed by atoms with Crippen LogP contribution < -0.4 is 0 Å². The van der Waals surface area contributed by atoms with Gasteiger partial charge in [-0.05, 0) is 24.1 Å². The van der Waals surface area contributed by atoms with Gasteiger partial charge >= 0.3 is 6.15 Å². The van der Waals surface area contributed by atoms with Crippen molar-refractivity contribution in [3.05, 3.63) is 32.3 Å². The summed E-state index contributed by atoms with van der Waals surface area (Å²) in [6, 6.07) is 4.09. The molecule has 0 radical (unpaired) electrons. The first-order valence-corrected chi connectivity index (χ1v) is 5.13. The Balaban J connectivity index is 0.000000583. The van der Waals surface area contributed by atoms with Crippen molar-refractivity contribution in [2.75, 3.05) is 0 Å². The number of aryl methyl sites for hydroxylation is 1. The summed E-state index contributed by atoms with van der Waals surface area (Å²) in [5, 5.41) is 3.63. The molecular formula is C9H11N3O2S. The lowest BCUT2D eigenvalue weighted by atomic mass is 10.3. The highest BCUT2D eigenvalue weighted by molar-refractivity contribution is 7.12. The lowest BCUT2D eigenvalue weighted by Crippen LogP contribution is -1.80. The van der Waals surface area contributed by atoms with Gasteiger partial charge in [0.2, 0.25) is 0 Å². The summed E-state index contributed by atoms with van der Waals surface area (Å²) in [5.74, 6) is 0. The Kier molecular flexibility index (Phi) is 6.93. The third-order valence-electron chi connectivity index (χ3n) is 1.67. The van der Waals surface area contributed by atoms with Crippen LogP contribution in [0.25, 0.3) is 10.4 Å². The molecule has 0 aromatic carbocycles. The van der Waals surface area contributed by atoms with Crippen LogP contribution in [-0.4, -0.2) is 6.15 Å². The Morgan fingerprint density at radius 1 is 1.60 bits per heavy atom. The van der Waals surface area contributed by atoms with E-state index < -0.39 is 0 Å². The van der Waals surface area contributed by atoms with Crippen molar-refractivity contribution in [2.45, 2.75) is 26.3 Å². The molecule has 15 heavy (non-hydrogen) atoms. The minimum Gasteiger partial charge on any atom is -0.186 e. The quantitative estimate of drug-likeness (QED) is 0.449. The first-order valence-electron chi connectivity index (χ1n) is 4.31. The van der Waals surface area contributed by atoms with Crippen LogP contribution in [0.5, 0.6) is 0 Å². The molecule has 0 aliphatic carbocycles. The second-order valence-electron chi connectivity index (χ2n) is 2.62. The fraction of sp³-hybridized carbons (Fsp3) is 0.444. The van der Waals surface area contributed by atoms with Gasteiger partial charge in [-0.3, -0.25) is 0 Å². The van der Waals surface area contributed by atoms with E-state index in [-0.39, 0.29) is 12.2 Å². The van der Waals surface area contributed by atoms with Crippen molar-refractivity contribution in [3.63, 3.8) is 0 Å². The average Bonchev–Trinajstić information content (AvgIpc) is 2.67. The standard InChI is InChI=1S/C8H11N3S.CO2/c1-3-7-4-5-8(12-7)6(2)10-11-9;2-1-3/h4-6H,3H2,1-2H3;. The van der Waals surface area contributed by atoms with E-state index in [9.17, 15) is 0 Å². The highest BCUT2D eigenvalue weighted by Crippen LogP contribution is 2.25. The molecule has 0 saturated carbocycles. The first kappa shape index (κ1) is 13.4. The van der Waals surface area contributed by atoms with Crippen LogP contribution in [0.1, 0.15) is 29.6 Å². The van der Waals surface area contributed by atoms with E-state index in [2.05, 4.69) is 23.0 Å². The molecule has 0 bridgehead atoms. The maximum atomic E-state index is 8.22. The van der Waals surface area contributed by atoms with Gasteiger partial charge in [0.25, 0.3) is 0 Å². The summed E-state index contributed by atoms with van der Waals surface area (Å²) < 4.78 is 0. The molecule has 0 saturated heterocycles. The summed E-state index contributed by atoms with van der Waals surface area (Å²) in [5.41, 5.74) is 8.22. The van der Waals surface area contributed by atoms with Crippen molar-refractivity contribution in [3.8, 4) is 0 Å².